The average molecular weight is 268 g/mol. The van der Waals surface area contributed by atoms with Gasteiger partial charge in [0.2, 0.25) is 5.95 Å². The second-order valence-electron chi connectivity index (χ2n) is 5.57. The van der Waals surface area contributed by atoms with Crippen LogP contribution in [0, 0.1) is 12.8 Å². The van der Waals surface area contributed by atoms with Crippen LogP contribution >= 0.6 is 11.6 Å². The average Bonchev–Trinajstić information content (AvgIpc) is 2.72. The molecule has 1 aliphatic rings. The van der Waals surface area contributed by atoms with Gasteiger partial charge in [-0.3, -0.25) is 0 Å². The molecule has 0 saturated heterocycles. The number of alkyl halides is 1. The predicted molar refractivity (Wildman–Crippen MR) is 76.3 cm³/mol. The zero-order valence-electron chi connectivity index (χ0n) is 11.4. The highest BCUT2D eigenvalue weighted by Crippen LogP contribution is 2.29. The lowest BCUT2D eigenvalue weighted by atomic mass is 10.1. The van der Waals surface area contributed by atoms with Gasteiger partial charge >= 0.3 is 0 Å². The second kappa shape index (κ2) is 5.87. The molecule has 0 spiro atoms. The molecule has 0 aliphatic heterocycles. The molecule has 2 atom stereocenters. The first-order valence-corrected chi connectivity index (χ1v) is 7.21. The Kier molecular flexibility index (Phi) is 4.44. The Morgan fingerprint density at radius 3 is 2.78 bits per heavy atom. The summed E-state index contributed by atoms with van der Waals surface area (Å²) in [4.78, 5) is 9.00. The highest BCUT2D eigenvalue weighted by atomic mass is 35.5. The van der Waals surface area contributed by atoms with E-state index < -0.39 is 0 Å². The minimum absolute atomic E-state index is 0.362. The van der Waals surface area contributed by atoms with Gasteiger partial charge in [-0.25, -0.2) is 9.97 Å². The molecule has 2 rings (SSSR count). The number of nitrogens with zero attached hydrogens (tertiary/aromatic N) is 2. The van der Waals surface area contributed by atoms with Gasteiger partial charge in [-0.1, -0.05) is 13.8 Å². The molecule has 1 fully saturated rings. The molecule has 1 aromatic rings. The molecule has 18 heavy (non-hydrogen) atoms. The van der Waals surface area contributed by atoms with E-state index in [0.29, 0.717) is 17.2 Å². The monoisotopic (exact) mass is 267 g/mol. The SMILES string of the molecule is Cc1cc(C(C)C)nc(NCC2CCC(Cl)C2)n1. The van der Waals surface area contributed by atoms with Gasteiger partial charge in [0.15, 0.2) is 0 Å². The number of nitrogens with one attached hydrogen (secondary N) is 1. The van der Waals surface area contributed by atoms with Gasteiger partial charge in [0.1, 0.15) is 0 Å². The molecule has 100 valence electrons. The Hall–Kier alpha value is -0.830. The summed E-state index contributed by atoms with van der Waals surface area (Å²) in [5.74, 6) is 1.86. The van der Waals surface area contributed by atoms with E-state index in [1.54, 1.807) is 0 Å². The quantitative estimate of drug-likeness (QED) is 0.845. The van der Waals surface area contributed by atoms with Gasteiger partial charge in [-0.2, -0.15) is 0 Å². The maximum Gasteiger partial charge on any atom is 0.223 e. The third-order valence-corrected chi connectivity index (χ3v) is 3.89. The van der Waals surface area contributed by atoms with Crippen molar-refractivity contribution in [1.82, 2.24) is 9.97 Å². The topological polar surface area (TPSA) is 37.8 Å². The molecule has 4 heteroatoms. The van der Waals surface area contributed by atoms with E-state index in [9.17, 15) is 0 Å². The molecule has 0 bridgehead atoms. The first kappa shape index (κ1) is 13.6. The Labute approximate surface area is 114 Å². The van der Waals surface area contributed by atoms with Crippen molar-refractivity contribution in [3.05, 3.63) is 17.5 Å². The summed E-state index contributed by atoms with van der Waals surface area (Å²) >= 11 is 6.12. The van der Waals surface area contributed by atoms with Gasteiger partial charge in [0, 0.05) is 23.3 Å². The van der Waals surface area contributed by atoms with Crippen molar-refractivity contribution in [3.8, 4) is 0 Å². The third kappa shape index (κ3) is 3.58. The molecular weight excluding hydrogens is 246 g/mol. The van der Waals surface area contributed by atoms with Crippen molar-refractivity contribution in [3.63, 3.8) is 0 Å². The van der Waals surface area contributed by atoms with Crippen LogP contribution in [-0.4, -0.2) is 21.9 Å². The summed E-state index contributed by atoms with van der Waals surface area (Å²) in [7, 11) is 0. The Balaban J connectivity index is 1.96. The van der Waals surface area contributed by atoms with E-state index in [1.165, 1.54) is 6.42 Å². The number of hydrogen-bond donors (Lipinski definition) is 1. The van der Waals surface area contributed by atoms with Crippen molar-refractivity contribution in [2.45, 2.75) is 51.3 Å². The maximum atomic E-state index is 6.12. The lowest BCUT2D eigenvalue weighted by molar-refractivity contribution is 0.578. The van der Waals surface area contributed by atoms with Crippen LogP contribution in [0.1, 0.15) is 50.4 Å². The van der Waals surface area contributed by atoms with E-state index in [2.05, 4.69) is 35.2 Å². The standard InChI is InChI=1S/C14H22ClN3/c1-9(2)13-6-10(3)17-14(18-13)16-8-11-4-5-12(15)7-11/h6,9,11-12H,4-5,7-8H2,1-3H3,(H,16,17,18). The zero-order valence-corrected chi connectivity index (χ0v) is 12.2. The Morgan fingerprint density at radius 1 is 1.39 bits per heavy atom. The van der Waals surface area contributed by atoms with Crippen LogP contribution in [-0.2, 0) is 0 Å². The van der Waals surface area contributed by atoms with Crippen molar-refractivity contribution >= 4 is 17.5 Å². The second-order valence-corrected chi connectivity index (χ2v) is 6.19. The number of halogens is 1. The summed E-state index contributed by atoms with van der Waals surface area (Å²) in [6.45, 7) is 7.26. The highest BCUT2D eigenvalue weighted by Gasteiger charge is 2.22. The maximum absolute atomic E-state index is 6.12. The van der Waals surface area contributed by atoms with Gasteiger partial charge < -0.3 is 5.32 Å². The number of anilines is 1. The molecule has 0 aromatic carbocycles. The summed E-state index contributed by atoms with van der Waals surface area (Å²) in [6, 6.07) is 2.06. The van der Waals surface area contributed by atoms with Crippen LogP contribution in [0.2, 0.25) is 0 Å². The summed E-state index contributed by atoms with van der Waals surface area (Å²) < 4.78 is 0. The third-order valence-electron chi connectivity index (χ3n) is 3.49. The van der Waals surface area contributed by atoms with E-state index >= 15 is 0 Å². The number of aromatic nitrogens is 2. The van der Waals surface area contributed by atoms with Crippen LogP contribution in [0.5, 0.6) is 0 Å². The van der Waals surface area contributed by atoms with E-state index in [0.717, 1.165) is 36.7 Å². The van der Waals surface area contributed by atoms with Crippen molar-refractivity contribution in [2.75, 3.05) is 11.9 Å². The smallest absolute Gasteiger partial charge is 0.223 e. The Bertz CT molecular complexity index is 406. The first-order valence-electron chi connectivity index (χ1n) is 6.78. The minimum atomic E-state index is 0.362. The van der Waals surface area contributed by atoms with Crippen LogP contribution < -0.4 is 5.32 Å². The fourth-order valence-corrected chi connectivity index (χ4v) is 2.78. The molecule has 0 amide bonds. The van der Waals surface area contributed by atoms with Crippen LogP contribution in [0.4, 0.5) is 5.95 Å². The fourth-order valence-electron chi connectivity index (χ4n) is 2.40. The normalized spacial score (nSPS) is 23.6. The number of rotatable bonds is 4. The summed E-state index contributed by atoms with van der Waals surface area (Å²) in [5, 5.41) is 3.72. The molecule has 1 aromatic heterocycles. The van der Waals surface area contributed by atoms with Crippen molar-refractivity contribution < 1.29 is 0 Å². The summed E-state index contributed by atoms with van der Waals surface area (Å²) in [5.41, 5.74) is 2.13. The molecule has 1 heterocycles. The molecular formula is C14H22ClN3. The molecule has 1 N–H and O–H groups in total. The van der Waals surface area contributed by atoms with E-state index in [1.807, 2.05) is 6.92 Å². The predicted octanol–water partition coefficient (Wildman–Crippen LogP) is 3.73. The van der Waals surface area contributed by atoms with Gasteiger partial charge in [-0.15, -0.1) is 11.6 Å². The van der Waals surface area contributed by atoms with E-state index in [-0.39, 0.29) is 0 Å². The van der Waals surface area contributed by atoms with Crippen molar-refractivity contribution in [2.24, 2.45) is 5.92 Å². The molecule has 1 saturated carbocycles. The molecule has 1 aliphatic carbocycles. The van der Waals surface area contributed by atoms with Crippen LogP contribution in [0.3, 0.4) is 0 Å². The van der Waals surface area contributed by atoms with Gasteiger partial charge in [0.05, 0.1) is 0 Å². The van der Waals surface area contributed by atoms with Gasteiger partial charge in [-0.05, 0) is 44.1 Å². The molecule has 2 unspecified atom stereocenters. The lowest BCUT2D eigenvalue weighted by Gasteiger charge is -2.13. The van der Waals surface area contributed by atoms with Crippen molar-refractivity contribution in [1.29, 1.82) is 0 Å². The molecule has 0 radical (unpaired) electrons. The lowest BCUT2D eigenvalue weighted by Crippen LogP contribution is -2.14. The first-order chi connectivity index (χ1) is 8.54. The van der Waals surface area contributed by atoms with Crippen LogP contribution in [0.25, 0.3) is 0 Å². The zero-order chi connectivity index (χ0) is 13.1. The fraction of sp³-hybridized carbons (Fsp3) is 0.714. The largest absolute Gasteiger partial charge is 0.354 e. The minimum Gasteiger partial charge on any atom is -0.354 e. The number of aryl methyl sites for hydroxylation is 1. The molecule has 3 nitrogen and oxygen atoms in total. The van der Waals surface area contributed by atoms with Gasteiger partial charge in [0.25, 0.3) is 0 Å². The Morgan fingerprint density at radius 2 is 2.17 bits per heavy atom. The highest BCUT2D eigenvalue weighted by molar-refractivity contribution is 6.20. The summed E-state index contributed by atoms with van der Waals surface area (Å²) in [6.07, 6.45) is 3.46. The number of hydrogen-bond acceptors (Lipinski definition) is 3. The van der Waals surface area contributed by atoms with E-state index in [4.69, 9.17) is 11.6 Å². The van der Waals surface area contributed by atoms with Crippen LogP contribution in [0.15, 0.2) is 6.07 Å².